The van der Waals surface area contributed by atoms with E-state index in [0.717, 1.165) is 44.1 Å². The van der Waals surface area contributed by atoms with Crippen molar-refractivity contribution in [3.63, 3.8) is 0 Å². The van der Waals surface area contributed by atoms with Crippen LogP contribution in [-0.4, -0.2) is 37.5 Å². The number of benzene rings is 4. The Bertz CT molecular complexity index is 2150. The van der Waals surface area contributed by atoms with Gasteiger partial charge in [0.05, 0.1) is 22.9 Å². The van der Waals surface area contributed by atoms with Crippen molar-refractivity contribution < 1.29 is 14.4 Å². The Morgan fingerprint density at radius 1 is 0.698 bits per heavy atom. The SMILES string of the molecule is CCOn1ccc2cc(C(=O)Nc3ccc4c(cnn4-c4ccc(C(=O)Nc5ccc6c(ccn6C)c5)cc4)c3)ccc21. The van der Waals surface area contributed by atoms with Crippen LogP contribution in [0.4, 0.5) is 11.4 Å². The second-order valence-corrected chi connectivity index (χ2v) is 10.3. The molecule has 2 amide bonds. The maximum Gasteiger partial charge on any atom is 0.255 e. The van der Waals surface area contributed by atoms with E-state index in [9.17, 15) is 9.59 Å². The number of aryl methyl sites for hydroxylation is 1. The lowest BCUT2D eigenvalue weighted by molar-refractivity contribution is 0.101. The normalized spacial score (nSPS) is 11.3. The zero-order valence-corrected chi connectivity index (χ0v) is 23.6. The molecule has 0 aliphatic rings. The van der Waals surface area contributed by atoms with E-state index in [4.69, 9.17) is 4.84 Å². The maximum atomic E-state index is 13.0. The number of amides is 2. The molecule has 0 saturated carbocycles. The monoisotopic (exact) mass is 568 g/mol. The van der Waals surface area contributed by atoms with Gasteiger partial charge in [-0.3, -0.25) is 9.59 Å². The second kappa shape index (κ2) is 10.5. The van der Waals surface area contributed by atoms with E-state index < -0.39 is 0 Å². The van der Waals surface area contributed by atoms with E-state index >= 15 is 0 Å². The van der Waals surface area contributed by atoms with Crippen molar-refractivity contribution in [2.75, 3.05) is 17.2 Å². The summed E-state index contributed by atoms with van der Waals surface area (Å²) in [7, 11) is 1.99. The first-order valence-electron chi connectivity index (χ1n) is 14.0. The van der Waals surface area contributed by atoms with Gasteiger partial charge in [0.1, 0.15) is 6.61 Å². The molecule has 0 unspecified atom stereocenters. The lowest BCUT2D eigenvalue weighted by Gasteiger charge is -2.09. The van der Waals surface area contributed by atoms with Crippen LogP contribution in [0.3, 0.4) is 0 Å². The van der Waals surface area contributed by atoms with Gasteiger partial charge in [-0.05, 0) is 97.9 Å². The van der Waals surface area contributed by atoms with Crippen LogP contribution in [-0.2, 0) is 7.05 Å². The minimum absolute atomic E-state index is 0.182. The number of rotatable bonds is 7. The first-order chi connectivity index (χ1) is 21.0. The minimum Gasteiger partial charge on any atom is -0.414 e. The van der Waals surface area contributed by atoms with E-state index in [-0.39, 0.29) is 11.8 Å². The molecule has 0 aliphatic carbocycles. The third-order valence-electron chi connectivity index (χ3n) is 7.53. The van der Waals surface area contributed by atoms with Crippen molar-refractivity contribution in [2.24, 2.45) is 7.05 Å². The highest BCUT2D eigenvalue weighted by atomic mass is 16.7. The van der Waals surface area contributed by atoms with E-state index in [0.29, 0.717) is 23.4 Å². The molecule has 9 heteroatoms. The number of hydrogen-bond donors (Lipinski definition) is 2. The van der Waals surface area contributed by atoms with Crippen LogP contribution in [0.15, 0.2) is 110 Å². The van der Waals surface area contributed by atoms with Crippen LogP contribution < -0.4 is 15.5 Å². The summed E-state index contributed by atoms with van der Waals surface area (Å²) in [6.07, 6.45) is 5.60. The third-order valence-corrected chi connectivity index (χ3v) is 7.53. The Kier molecular flexibility index (Phi) is 6.39. The lowest BCUT2D eigenvalue weighted by atomic mass is 10.1. The number of nitrogens with zero attached hydrogens (tertiary/aromatic N) is 4. The standard InChI is InChI=1S/C34H28N6O3/c1-3-43-39-17-15-23-18-25(6-11-31(23)39)34(42)37-28-8-13-32-26(20-28)21-35-40(32)29-9-4-22(5-10-29)33(41)36-27-7-12-30-24(19-27)14-16-38(30)2/h4-21H,3H2,1-2H3,(H,36,41)(H,37,42). The summed E-state index contributed by atoms with van der Waals surface area (Å²) in [6.45, 7) is 2.49. The molecule has 212 valence electrons. The molecule has 7 aromatic rings. The quantitative estimate of drug-likeness (QED) is 0.232. The first kappa shape index (κ1) is 26.1. The van der Waals surface area contributed by atoms with Crippen LogP contribution >= 0.6 is 0 Å². The average Bonchev–Trinajstić information content (AvgIpc) is 3.74. The van der Waals surface area contributed by atoms with E-state index in [1.165, 1.54) is 0 Å². The summed E-state index contributed by atoms with van der Waals surface area (Å²) in [5.41, 5.74) is 6.24. The molecule has 3 aromatic heterocycles. The molecular formula is C34H28N6O3. The fourth-order valence-electron chi connectivity index (χ4n) is 5.35. The highest BCUT2D eigenvalue weighted by Crippen LogP contribution is 2.25. The molecule has 0 bridgehead atoms. The smallest absolute Gasteiger partial charge is 0.255 e. The zero-order valence-electron chi connectivity index (χ0n) is 23.6. The van der Waals surface area contributed by atoms with E-state index in [2.05, 4.69) is 15.7 Å². The van der Waals surface area contributed by atoms with Gasteiger partial charge in [-0.1, -0.05) is 0 Å². The number of fused-ring (bicyclic) bond motifs is 3. The average molecular weight is 569 g/mol. The molecule has 0 spiro atoms. The molecule has 0 fully saturated rings. The van der Waals surface area contributed by atoms with Gasteiger partial charge in [-0.2, -0.15) is 9.83 Å². The molecular weight excluding hydrogens is 540 g/mol. The predicted octanol–water partition coefficient (Wildman–Crippen LogP) is 6.43. The molecule has 9 nitrogen and oxygen atoms in total. The van der Waals surface area contributed by atoms with Crippen LogP contribution in [0.5, 0.6) is 0 Å². The Balaban J connectivity index is 1.05. The Labute approximate surface area is 246 Å². The molecule has 43 heavy (non-hydrogen) atoms. The number of aromatic nitrogens is 4. The fourth-order valence-corrected chi connectivity index (χ4v) is 5.35. The largest absolute Gasteiger partial charge is 0.414 e. The van der Waals surface area contributed by atoms with Gasteiger partial charge >= 0.3 is 0 Å². The molecule has 2 N–H and O–H groups in total. The number of carbonyl (C=O) groups excluding carboxylic acids is 2. The number of nitrogens with one attached hydrogen (secondary N) is 2. The van der Waals surface area contributed by atoms with Crippen molar-refractivity contribution in [1.29, 1.82) is 0 Å². The van der Waals surface area contributed by atoms with E-state index in [1.54, 1.807) is 29.1 Å². The van der Waals surface area contributed by atoms with Gasteiger partial charge in [0.25, 0.3) is 11.8 Å². The summed E-state index contributed by atoms with van der Waals surface area (Å²) in [6, 6.07) is 28.3. The minimum atomic E-state index is -0.199. The summed E-state index contributed by atoms with van der Waals surface area (Å²) in [4.78, 5) is 31.5. The number of carbonyl (C=O) groups is 2. The number of anilines is 2. The van der Waals surface area contributed by atoms with Crippen molar-refractivity contribution in [2.45, 2.75) is 6.92 Å². The van der Waals surface area contributed by atoms with Gasteiger partial charge in [0.2, 0.25) is 0 Å². The van der Waals surface area contributed by atoms with E-state index in [1.807, 2.05) is 108 Å². The van der Waals surface area contributed by atoms with Gasteiger partial charge in [-0.15, -0.1) is 0 Å². The van der Waals surface area contributed by atoms with Crippen LogP contribution in [0.1, 0.15) is 27.6 Å². The Morgan fingerprint density at radius 2 is 1.33 bits per heavy atom. The van der Waals surface area contributed by atoms with Crippen molar-refractivity contribution in [3.05, 3.63) is 121 Å². The van der Waals surface area contributed by atoms with Crippen molar-refractivity contribution in [3.8, 4) is 5.69 Å². The Morgan fingerprint density at radius 3 is 2.09 bits per heavy atom. The predicted molar refractivity (Wildman–Crippen MR) is 169 cm³/mol. The third kappa shape index (κ3) is 4.87. The molecule has 4 aromatic carbocycles. The lowest BCUT2D eigenvalue weighted by Crippen LogP contribution is -2.12. The highest BCUT2D eigenvalue weighted by molar-refractivity contribution is 6.07. The molecule has 0 saturated heterocycles. The summed E-state index contributed by atoms with van der Waals surface area (Å²) < 4.78 is 5.56. The van der Waals surface area contributed by atoms with Gasteiger partial charge in [0.15, 0.2) is 0 Å². The molecule has 0 aliphatic heterocycles. The Hall–Kier alpha value is -5.83. The molecule has 0 radical (unpaired) electrons. The van der Waals surface area contributed by atoms with Gasteiger partial charge < -0.3 is 20.0 Å². The van der Waals surface area contributed by atoms with Gasteiger partial charge in [-0.25, -0.2) is 4.68 Å². The van der Waals surface area contributed by atoms with Crippen LogP contribution in [0, 0.1) is 0 Å². The number of hydrogen-bond acceptors (Lipinski definition) is 4. The van der Waals surface area contributed by atoms with Gasteiger partial charge in [0, 0.05) is 63.6 Å². The van der Waals surface area contributed by atoms with Crippen LogP contribution in [0.2, 0.25) is 0 Å². The molecule has 3 heterocycles. The second-order valence-electron chi connectivity index (χ2n) is 10.3. The maximum absolute atomic E-state index is 13.0. The highest BCUT2D eigenvalue weighted by Gasteiger charge is 2.13. The summed E-state index contributed by atoms with van der Waals surface area (Å²) in [5, 5.41) is 13.4. The molecule has 0 atom stereocenters. The summed E-state index contributed by atoms with van der Waals surface area (Å²) >= 11 is 0. The topological polar surface area (TPSA) is 95.1 Å². The summed E-state index contributed by atoms with van der Waals surface area (Å²) in [5.74, 6) is -0.381. The van der Waals surface area contributed by atoms with Crippen molar-refractivity contribution >= 4 is 55.9 Å². The zero-order chi connectivity index (χ0) is 29.5. The molecule has 7 rings (SSSR count). The first-order valence-corrected chi connectivity index (χ1v) is 14.0. The fraction of sp³-hybridized carbons (Fsp3) is 0.0882. The van der Waals surface area contributed by atoms with Crippen LogP contribution in [0.25, 0.3) is 38.4 Å². The van der Waals surface area contributed by atoms with Crippen molar-refractivity contribution in [1.82, 2.24) is 19.1 Å².